The normalized spacial score (nSPS) is 30.5. The number of nitrogens with zero attached hydrogens (tertiary/aromatic N) is 1. The summed E-state index contributed by atoms with van der Waals surface area (Å²) in [4.78, 5) is 57.6. The van der Waals surface area contributed by atoms with Gasteiger partial charge < -0.3 is 25.3 Å². The number of benzene rings is 1. The maximum atomic E-state index is 13.8. The molecule has 2 aliphatic heterocycles. The topological polar surface area (TPSA) is 121 Å². The van der Waals surface area contributed by atoms with E-state index in [2.05, 4.69) is 15.6 Å². The van der Waals surface area contributed by atoms with Gasteiger partial charge in [-0.1, -0.05) is 13.0 Å². The van der Waals surface area contributed by atoms with Crippen molar-refractivity contribution in [3.63, 3.8) is 0 Å². The zero-order valence-corrected chi connectivity index (χ0v) is 21.3. The Labute approximate surface area is 215 Å². The summed E-state index contributed by atoms with van der Waals surface area (Å²) in [5.41, 5.74) is 1.22. The minimum atomic E-state index is -0.726. The second-order valence-corrected chi connectivity index (χ2v) is 11.1. The Morgan fingerprint density at radius 3 is 2.73 bits per heavy atom. The maximum absolute atomic E-state index is 13.8. The van der Waals surface area contributed by atoms with Crippen molar-refractivity contribution in [2.75, 3.05) is 20.2 Å². The number of fused-ring (bicyclic) bond motifs is 4. The summed E-state index contributed by atoms with van der Waals surface area (Å²) in [5, 5.41) is 6.62. The van der Waals surface area contributed by atoms with Crippen molar-refractivity contribution < 1.29 is 23.9 Å². The number of aromatic amines is 1. The molecule has 7 unspecified atom stereocenters. The van der Waals surface area contributed by atoms with Crippen LogP contribution in [0.1, 0.15) is 49.5 Å². The van der Waals surface area contributed by atoms with Crippen LogP contribution in [0, 0.1) is 29.6 Å². The largest absolute Gasteiger partial charge is 0.496 e. The van der Waals surface area contributed by atoms with Gasteiger partial charge in [0.15, 0.2) is 5.78 Å². The average molecular weight is 507 g/mol. The van der Waals surface area contributed by atoms with Crippen LogP contribution in [-0.2, 0) is 14.4 Å². The molecule has 2 saturated heterocycles. The highest BCUT2D eigenvalue weighted by Gasteiger charge is 2.62. The average Bonchev–Trinajstić information content (AvgIpc) is 3.25. The van der Waals surface area contributed by atoms with Crippen LogP contribution in [0.5, 0.6) is 5.75 Å². The molecule has 3 N–H and O–H groups in total. The predicted molar refractivity (Wildman–Crippen MR) is 136 cm³/mol. The number of rotatable bonds is 8. The molecule has 3 amide bonds. The predicted octanol–water partition coefficient (Wildman–Crippen LogP) is 2.26. The lowest BCUT2D eigenvalue weighted by Crippen LogP contribution is -2.53. The van der Waals surface area contributed by atoms with Gasteiger partial charge in [0.2, 0.25) is 11.8 Å². The molecule has 6 rings (SSSR count). The van der Waals surface area contributed by atoms with E-state index in [0.717, 1.165) is 17.3 Å². The van der Waals surface area contributed by atoms with Crippen molar-refractivity contribution in [3.05, 3.63) is 30.0 Å². The number of H-pyrrole nitrogens is 1. The van der Waals surface area contributed by atoms with Crippen LogP contribution >= 0.6 is 0 Å². The van der Waals surface area contributed by atoms with Gasteiger partial charge in [0.05, 0.1) is 13.2 Å². The standard InChI is InChI=1S/C28H34N4O5/c1-3-23(33)21(11-14-7-8-29-26(14)34)31-27(35)25-17-10-15-9-16(15)19(17)13-32(25)28(36)22-12-18-20(30-22)5-4-6-24(18)37-2/h4-6,12,14-17,19,21,25,30H,3,7-11,13H2,1-2H3,(H,29,34)(H,31,35). The first kappa shape index (κ1) is 24.0. The Bertz CT molecular complexity index is 1270. The Hall–Kier alpha value is -3.36. The number of ether oxygens (including phenoxy) is 1. The molecule has 0 spiro atoms. The minimum absolute atomic E-state index is 0.0639. The Morgan fingerprint density at radius 2 is 2.00 bits per heavy atom. The fourth-order valence-corrected chi connectivity index (χ4v) is 7.16. The first-order valence-electron chi connectivity index (χ1n) is 13.5. The van der Waals surface area contributed by atoms with E-state index in [-0.39, 0.29) is 41.8 Å². The molecule has 4 aliphatic rings. The lowest BCUT2D eigenvalue weighted by molar-refractivity contribution is -0.132. The fraction of sp³-hybridized carbons (Fsp3) is 0.571. The van der Waals surface area contributed by atoms with Crippen molar-refractivity contribution >= 4 is 34.4 Å². The van der Waals surface area contributed by atoms with E-state index < -0.39 is 12.1 Å². The molecule has 0 radical (unpaired) electrons. The first-order valence-corrected chi connectivity index (χ1v) is 13.5. The maximum Gasteiger partial charge on any atom is 0.271 e. The van der Waals surface area contributed by atoms with E-state index >= 15 is 0 Å². The van der Waals surface area contributed by atoms with Crippen LogP contribution < -0.4 is 15.4 Å². The molecule has 3 heterocycles. The van der Waals surface area contributed by atoms with Crippen LogP contribution in [-0.4, -0.2) is 65.7 Å². The highest BCUT2D eigenvalue weighted by Crippen LogP contribution is 2.62. The van der Waals surface area contributed by atoms with Crippen molar-refractivity contribution in [1.29, 1.82) is 0 Å². The summed E-state index contributed by atoms with van der Waals surface area (Å²) < 4.78 is 5.46. The summed E-state index contributed by atoms with van der Waals surface area (Å²) in [5.74, 6) is 1.39. The molecule has 2 aliphatic carbocycles. The number of methoxy groups -OCH3 is 1. The van der Waals surface area contributed by atoms with Gasteiger partial charge in [-0.3, -0.25) is 19.2 Å². The second kappa shape index (κ2) is 9.19. The minimum Gasteiger partial charge on any atom is -0.496 e. The monoisotopic (exact) mass is 506 g/mol. The third kappa shape index (κ3) is 4.08. The molecule has 37 heavy (non-hydrogen) atoms. The number of likely N-dealkylation sites (tertiary alicyclic amines) is 1. The van der Waals surface area contributed by atoms with E-state index in [1.54, 1.807) is 25.0 Å². The number of hydrogen-bond acceptors (Lipinski definition) is 5. The third-order valence-electron chi connectivity index (χ3n) is 9.14. The number of amides is 3. The van der Waals surface area contributed by atoms with Crippen LogP contribution in [0.25, 0.3) is 10.9 Å². The number of aromatic nitrogens is 1. The van der Waals surface area contributed by atoms with Crippen molar-refractivity contribution in [1.82, 2.24) is 20.5 Å². The molecule has 4 fully saturated rings. The quantitative estimate of drug-likeness (QED) is 0.507. The molecular weight excluding hydrogens is 472 g/mol. The summed E-state index contributed by atoms with van der Waals surface area (Å²) >= 11 is 0. The van der Waals surface area contributed by atoms with Crippen molar-refractivity contribution in [2.45, 2.75) is 51.1 Å². The summed E-state index contributed by atoms with van der Waals surface area (Å²) in [6.45, 7) is 2.91. The third-order valence-corrected chi connectivity index (χ3v) is 9.14. The lowest BCUT2D eigenvalue weighted by Gasteiger charge is -2.29. The Morgan fingerprint density at radius 1 is 1.19 bits per heavy atom. The van der Waals surface area contributed by atoms with E-state index in [1.165, 1.54) is 6.42 Å². The molecule has 1 aromatic carbocycles. The van der Waals surface area contributed by atoms with Gasteiger partial charge in [0, 0.05) is 36.3 Å². The number of nitrogens with one attached hydrogen (secondary N) is 3. The highest BCUT2D eigenvalue weighted by atomic mass is 16.5. The number of ketones is 1. The molecule has 2 aromatic rings. The number of Topliss-reactive ketones (excluding diaryl/α,β-unsaturated/α-hetero) is 1. The smallest absolute Gasteiger partial charge is 0.271 e. The molecule has 9 heteroatoms. The van der Waals surface area contributed by atoms with Crippen LogP contribution in [0.15, 0.2) is 24.3 Å². The van der Waals surface area contributed by atoms with Gasteiger partial charge in [-0.05, 0) is 67.6 Å². The van der Waals surface area contributed by atoms with Crippen LogP contribution in [0.2, 0.25) is 0 Å². The zero-order valence-electron chi connectivity index (χ0n) is 21.3. The second-order valence-electron chi connectivity index (χ2n) is 11.1. The molecule has 196 valence electrons. The summed E-state index contributed by atoms with van der Waals surface area (Å²) in [6.07, 6.45) is 3.35. The van der Waals surface area contributed by atoms with Gasteiger partial charge in [-0.2, -0.15) is 0 Å². The SMILES string of the molecule is CCC(=O)C(CC1CCNC1=O)NC(=O)C1C2CC3CC3C2CN1C(=O)c1cc2c(OC)cccc2[nH]1. The highest BCUT2D eigenvalue weighted by molar-refractivity contribution is 6.02. The number of carbonyl (C=O) groups is 4. The van der Waals surface area contributed by atoms with Crippen LogP contribution in [0.3, 0.4) is 0 Å². The first-order chi connectivity index (χ1) is 17.9. The van der Waals surface area contributed by atoms with Gasteiger partial charge in [0.1, 0.15) is 17.5 Å². The van der Waals surface area contributed by atoms with Gasteiger partial charge in [-0.25, -0.2) is 0 Å². The van der Waals surface area contributed by atoms with E-state index in [9.17, 15) is 19.2 Å². The molecular formula is C28H34N4O5. The van der Waals surface area contributed by atoms with E-state index in [0.29, 0.717) is 55.1 Å². The van der Waals surface area contributed by atoms with Gasteiger partial charge in [0.25, 0.3) is 5.91 Å². The van der Waals surface area contributed by atoms with Gasteiger partial charge in [-0.15, -0.1) is 0 Å². The Balaban J connectivity index is 1.27. The zero-order chi connectivity index (χ0) is 25.8. The van der Waals surface area contributed by atoms with E-state index in [4.69, 9.17) is 4.74 Å². The number of carbonyl (C=O) groups excluding carboxylic acids is 4. The lowest BCUT2D eigenvalue weighted by atomic mass is 9.88. The van der Waals surface area contributed by atoms with Gasteiger partial charge >= 0.3 is 0 Å². The molecule has 1 aromatic heterocycles. The molecule has 0 bridgehead atoms. The summed E-state index contributed by atoms with van der Waals surface area (Å²) in [6, 6.07) is 6.06. The molecule has 9 nitrogen and oxygen atoms in total. The van der Waals surface area contributed by atoms with Crippen molar-refractivity contribution in [2.24, 2.45) is 29.6 Å². The fourth-order valence-electron chi connectivity index (χ4n) is 7.16. The van der Waals surface area contributed by atoms with Crippen molar-refractivity contribution in [3.8, 4) is 5.75 Å². The number of hydrogen-bond donors (Lipinski definition) is 3. The molecule has 2 saturated carbocycles. The van der Waals surface area contributed by atoms with E-state index in [1.807, 2.05) is 18.2 Å². The molecule has 7 atom stereocenters. The van der Waals surface area contributed by atoms with Crippen LogP contribution in [0.4, 0.5) is 0 Å². The summed E-state index contributed by atoms with van der Waals surface area (Å²) in [7, 11) is 1.60. The Kier molecular flexibility index (Phi) is 5.96.